The first-order chi connectivity index (χ1) is 21.4. The second-order valence-corrected chi connectivity index (χ2v) is 11.1. The highest BCUT2D eigenvalue weighted by molar-refractivity contribution is 6.28. The molecule has 0 aliphatic rings. The second kappa shape index (κ2) is 8.30. The quantitative estimate of drug-likeness (QED) is 0.202. The van der Waals surface area contributed by atoms with Crippen molar-refractivity contribution in [3.63, 3.8) is 0 Å². The summed E-state index contributed by atoms with van der Waals surface area (Å²) in [5.41, 5.74) is 9.12. The van der Waals surface area contributed by atoms with E-state index in [1.807, 2.05) is 18.6 Å². The molecule has 5 aromatic carbocycles. The lowest BCUT2D eigenvalue weighted by Crippen LogP contribution is -1.96. The highest BCUT2D eigenvalue weighted by Gasteiger charge is 2.22. The van der Waals surface area contributed by atoms with Crippen molar-refractivity contribution in [3.8, 4) is 11.4 Å². The van der Waals surface area contributed by atoms with Crippen LogP contribution in [-0.4, -0.2) is 23.5 Å². The van der Waals surface area contributed by atoms with Gasteiger partial charge < -0.3 is 9.13 Å². The minimum Gasteiger partial charge on any atom is -0.309 e. The summed E-state index contributed by atoms with van der Waals surface area (Å²) in [6.45, 7) is 0. The van der Waals surface area contributed by atoms with Gasteiger partial charge in [0.05, 0.1) is 27.6 Å². The van der Waals surface area contributed by atoms with Crippen molar-refractivity contribution < 1.29 is 0 Å². The number of rotatable bonds is 2. The maximum atomic E-state index is 4.72. The molecule has 0 fully saturated rings. The van der Waals surface area contributed by atoms with Crippen molar-refractivity contribution in [2.45, 2.75) is 0 Å². The van der Waals surface area contributed by atoms with Crippen LogP contribution in [0.5, 0.6) is 0 Å². The molecule has 5 heterocycles. The summed E-state index contributed by atoms with van der Waals surface area (Å²) in [6.07, 6.45) is 7.73. The summed E-state index contributed by atoms with van der Waals surface area (Å²) in [4.78, 5) is 9.16. The van der Waals surface area contributed by atoms with E-state index in [0.717, 1.165) is 33.3 Å². The van der Waals surface area contributed by atoms with Gasteiger partial charge in [0.25, 0.3) is 0 Å². The Morgan fingerprint density at radius 2 is 1.21 bits per heavy atom. The fraction of sp³-hybridized carbons (Fsp3) is 0. The molecule has 0 atom stereocenters. The third kappa shape index (κ3) is 2.95. The van der Waals surface area contributed by atoms with Crippen LogP contribution in [0.3, 0.4) is 0 Å². The molecule has 5 aromatic heterocycles. The second-order valence-electron chi connectivity index (χ2n) is 11.1. The van der Waals surface area contributed by atoms with Gasteiger partial charge in [-0.15, -0.1) is 0 Å². The van der Waals surface area contributed by atoms with Gasteiger partial charge in [-0.25, -0.2) is 4.98 Å². The van der Waals surface area contributed by atoms with E-state index in [9.17, 15) is 0 Å². The molecule has 0 saturated carbocycles. The Kier molecular flexibility index (Phi) is 4.39. The topological polar surface area (TPSA) is 40.1 Å². The van der Waals surface area contributed by atoms with Crippen LogP contribution in [0.25, 0.3) is 82.3 Å². The predicted molar refractivity (Wildman–Crippen MR) is 177 cm³/mol. The molecule has 5 nitrogen and oxygen atoms in total. The maximum absolute atomic E-state index is 4.72. The van der Waals surface area contributed by atoms with Crippen molar-refractivity contribution in [1.82, 2.24) is 23.5 Å². The molecule has 5 heteroatoms. The molecular weight excluding hydrogens is 526 g/mol. The summed E-state index contributed by atoms with van der Waals surface area (Å²) in [5.74, 6) is 0. The largest absolute Gasteiger partial charge is 0.309 e. The van der Waals surface area contributed by atoms with Crippen LogP contribution >= 0.6 is 0 Å². The van der Waals surface area contributed by atoms with Gasteiger partial charge in [0, 0.05) is 68.5 Å². The van der Waals surface area contributed by atoms with E-state index in [-0.39, 0.29) is 0 Å². The Hall–Kier alpha value is -5.94. The normalized spacial score (nSPS) is 12.2. The zero-order chi connectivity index (χ0) is 28.1. The summed E-state index contributed by atoms with van der Waals surface area (Å²) < 4.78 is 7.04. The van der Waals surface area contributed by atoms with Crippen LogP contribution < -0.4 is 0 Å². The number of benzene rings is 5. The monoisotopic (exact) mass is 549 g/mol. The fourth-order valence-corrected chi connectivity index (χ4v) is 7.21. The Balaban J connectivity index is 1.48. The number of pyridine rings is 2. The average molecular weight is 550 g/mol. The molecule has 0 spiro atoms. The van der Waals surface area contributed by atoms with E-state index in [1.54, 1.807) is 0 Å². The summed E-state index contributed by atoms with van der Waals surface area (Å²) in [7, 11) is 0. The third-order valence-electron chi connectivity index (χ3n) is 8.96. The molecule has 10 aromatic rings. The molecule has 0 unspecified atom stereocenters. The zero-order valence-electron chi connectivity index (χ0n) is 23.0. The minimum absolute atomic E-state index is 0.922. The molecule has 0 aliphatic heterocycles. The van der Waals surface area contributed by atoms with Crippen LogP contribution in [0.4, 0.5) is 0 Å². The van der Waals surface area contributed by atoms with Crippen LogP contribution in [0.15, 0.2) is 140 Å². The molecule has 0 aliphatic carbocycles. The van der Waals surface area contributed by atoms with Gasteiger partial charge in [-0.3, -0.25) is 9.38 Å². The number of nitrogens with zero attached hydrogens (tertiary/aromatic N) is 5. The molecule has 10 rings (SSSR count). The standard InChI is InChI=1S/C38H23N5/c1-3-9-24(10-4-1)42-32-14-8-7-13-28(32)36-33(42)16-15-27-30-21-29-26-17-18-39-23-31(26)38-40-19-20-41(38)34(29)22-35(30)43(37(27)36)25-11-5-2-6-12-25/h1-23H. The van der Waals surface area contributed by atoms with E-state index >= 15 is 0 Å². The maximum Gasteiger partial charge on any atom is 0.146 e. The van der Waals surface area contributed by atoms with E-state index in [1.165, 1.54) is 49.0 Å². The van der Waals surface area contributed by atoms with E-state index in [2.05, 4.69) is 140 Å². The molecule has 0 bridgehead atoms. The van der Waals surface area contributed by atoms with E-state index < -0.39 is 0 Å². The molecule has 0 radical (unpaired) electrons. The third-order valence-corrected chi connectivity index (χ3v) is 8.96. The van der Waals surface area contributed by atoms with E-state index in [4.69, 9.17) is 4.98 Å². The van der Waals surface area contributed by atoms with Crippen LogP contribution in [0, 0.1) is 0 Å². The lowest BCUT2D eigenvalue weighted by atomic mass is 10.0. The molecular formula is C38H23N5. The summed E-state index contributed by atoms with van der Waals surface area (Å²) in [6, 6.07) is 41.6. The average Bonchev–Trinajstić information content (AvgIpc) is 3.78. The fourth-order valence-electron chi connectivity index (χ4n) is 7.21. The first-order valence-corrected chi connectivity index (χ1v) is 14.5. The van der Waals surface area contributed by atoms with Crippen molar-refractivity contribution in [2.24, 2.45) is 0 Å². The number of hydrogen-bond acceptors (Lipinski definition) is 2. The van der Waals surface area contributed by atoms with Crippen LogP contribution in [0.2, 0.25) is 0 Å². The highest BCUT2D eigenvalue weighted by atomic mass is 15.0. The molecule has 0 saturated heterocycles. The first kappa shape index (κ1) is 22.7. The van der Waals surface area contributed by atoms with Gasteiger partial charge in [-0.1, -0.05) is 60.7 Å². The number of imidazole rings is 1. The lowest BCUT2D eigenvalue weighted by Gasteiger charge is -2.11. The van der Waals surface area contributed by atoms with Crippen LogP contribution in [0.1, 0.15) is 0 Å². The van der Waals surface area contributed by atoms with Gasteiger partial charge in [-0.05, 0) is 60.0 Å². The molecule has 43 heavy (non-hydrogen) atoms. The van der Waals surface area contributed by atoms with Gasteiger partial charge in [0.15, 0.2) is 0 Å². The van der Waals surface area contributed by atoms with E-state index in [0.29, 0.717) is 0 Å². The lowest BCUT2D eigenvalue weighted by molar-refractivity contribution is 1.17. The van der Waals surface area contributed by atoms with Gasteiger partial charge in [0.1, 0.15) is 5.65 Å². The summed E-state index contributed by atoms with van der Waals surface area (Å²) in [5, 5.41) is 8.36. The minimum atomic E-state index is 0.922. The number of hydrogen-bond donors (Lipinski definition) is 0. The van der Waals surface area contributed by atoms with Gasteiger partial charge in [-0.2, -0.15) is 0 Å². The Morgan fingerprint density at radius 3 is 2.05 bits per heavy atom. The number of aromatic nitrogens is 5. The Labute approximate surface area is 245 Å². The van der Waals surface area contributed by atoms with Crippen molar-refractivity contribution in [2.75, 3.05) is 0 Å². The smallest absolute Gasteiger partial charge is 0.146 e. The van der Waals surface area contributed by atoms with Crippen molar-refractivity contribution in [3.05, 3.63) is 140 Å². The van der Waals surface area contributed by atoms with Crippen LogP contribution in [-0.2, 0) is 0 Å². The molecule has 0 amide bonds. The molecule has 200 valence electrons. The van der Waals surface area contributed by atoms with Gasteiger partial charge >= 0.3 is 0 Å². The predicted octanol–water partition coefficient (Wildman–Crippen LogP) is 9.23. The van der Waals surface area contributed by atoms with Crippen molar-refractivity contribution >= 4 is 70.9 Å². The van der Waals surface area contributed by atoms with Crippen molar-refractivity contribution in [1.29, 1.82) is 0 Å². The summed E-state index contributed by atoms with van der Waals surface area (Å²) >= 11 is 0. The number of para-hydroxylation sites is 3. The Morgan fingerprint density at radius 1 is 0.465 bits per heavy atom. The highest BCUT2D eigenvalue weighted by Crippen LogP contribution is 2.43. The Bertz CT molecular complexity index is 2710. The SMILES string of the molecule is c1ccc(-n2c3ccccc3c3c2ccc2c4cc5c6ccncc6c6nccn6c5cc4n(-c4ccccc4)c23)cc1. The van der Waals surface area contributed by atoms with Gasteiger partial charge in [0.2, 0.25) is 0 Å². The number of fused-ring (bicyclic) bond motifs is 13. The zero-order valence-corrected chi connectivity index (χ0v) is 23.0. The first-order valence-electron chi connectivity index (χ1n) is 14.5. The molecule has 0 N–H and O–H groups in total.